The van der Waals surface area contributed by atoms with E-state index in [1.807, 2.05) is 48.8 Å². The van der Waals surface area contributed by atoms with Crippen LogP contribution < -0.4 is 14.4 Å². The molecule has 230 valence electrons. The van der Waals surface area contributed by atoms with Crippen molar-refractivity contribution in [3.05, 3.63) is 158 Å². The van der Waals surface area contributed by atoms with Gasteiger partial charge >= 0.3 is 0 Å². The summed E-state index contributed by atoms with van der Waals surface area (Å²) in [6, 6.07) is 44.0. The largest absolute Gasteiger partial charge is 0.497 e. The van der Waals surface area contributed by atoms with E-state index in [1.165, 1.54) is 5.56 Å². The number of benzene rings is 4. The van der Waals surface area contributed by atoms with E-state index in [4.69, 9.17) is 9.47 Å². The second-order valence-electron chi connectivity index (χ2n) is 11.2. The Morgan fingerprint density at radius 2 is 1.02 bits per heavy atom. The quantitative estimate of drug-likeness (QED) is 0.162. The van der Waals surface area contributed by atoms with Gasteiger partial charge in [-0.2, -0.15) is 0 Å². The van der Waals surface area contributed by atoms with E-state index in [0.717, 1.165) is 67.9 Å². The first-order valence-electron chi connectivity index (χ1n) is 15.5. The number of rotatable bonds is 9. The fourth-order valence-corrected chi connectivity index (χ4v) is 5.95. The summed E-state index contributed by atoms with van der Waals surface area (Å²) in [6.07, 6.45) is 7.42. The van der Waals surface area contributed by atoms with Crippen LogP contribution in [0.25, 0.3) is 39.3 Å². The second-order valence-corrected chi connectivity index (χ2v) is 11.2. The average Bonchev–Trinajstić information content (AvgIpc) is 3.59. The van der Waals surface area contributed by atoms with Gasteiger partial charge < -0.3 is 18.9 Å². The maximum absolute atomic E-state index is 5.42. The van der Waals surface area contributed by atoms with Gasteiger partial charge in [0.2, 0.25) is 0 Å². The highest BCUT2D eigenvalue weighted by Crippen LogP contribution is 2.39. The molecule has 6 nitrogen and oxygen atoms in total. The third kappa shape index (κ3) is 5.97. The molecule has 7 aromatic rings. The predicted molar refractivity (Wildman–Crippen MR) is 190 cm³/mol. The molecule has 0 saturated carbocycles. The van der Waals surface area contributed by atoms with Gasteiger partial charge in [0.25, 0.3) is 0 Å². The summed E-state index contributed by atoms with van der Waals surface area (Å²) >= 11 is 0. The third-order valence-corrected chi connectivity index (χ3v) is 8.37. The van der Waals surface area contributed by atoms with Crippen LogP contribution in [0.5, 0.6) is 11.5 Å². The molecule has 0 aliphatic heterocycles. The standard InChI is InChI=1S/C41H34N4O2/c1-29-8-11-36(45-40(31-6-4-24-42-27-31)22-23-41(45)32-7-5-25-43-28-32)26-39(29)30-9-12-33(13-10-30)44(34-14-18-37(46-2)19-15-34)35-16-20-38(47-3)21-17-35/h4-28H,1-3H3. The van der Waals surface area contributed by atoms with Crippen LogP contribution in [0.1, 0.15) is 5.56 Å². The Morgan fingerprint density at radius 1 is 0.532 bits per heavy atom. The normalized spacial score (nSPS) is 10.9. The van der Waals surface area contributed by atoms with E-state index < -0.39 is 0 Å². The SMILES string of the molecule is COc1ccc(N(c2ccc(OC)cc2)c2ccc(-c3cc(-n4c(-c5cccnc5)ccc4-c4cccnc4)ccc3C)cc2)cc1. The van der Waals surface area contributed by atoms with Crippen molar-refractivity contribution < 1.29 is 9.47 Å². The lowest BCUT2D eigenvalue weighted by Gasteiger charge is -2.26. The molecular weight excluding hydrogens is 580 g/mol. The van der Waals surface area contributed by atoms with Crippen LogP contribution in [0.4, 0.5) is 17.1 Å². The van der Waals surface area contributed by atoms with Gasteiger partial charge in [0, 0.05) is 58.7 Å². The number of aryl methyl sites for hydroxylation is 1. The monoisotopic (exact) mass is 614 g/mol. The first kappa shape index (κ1) is 29.6. The molecule has 0 atom stereocenters. The van der Waals surface area contributed by atoms with Crippen LogP contribution in [0.3, 0.4) is 0 Å². The molecule has 0 unspecified atom stereocenters. The molecule has 3 heterocycles. The highest BCUT2D eigenvalue weighted by atomic mass is 16.5. The van der Waals surface area contributed by atoms with Crippen LogP contribution >= 0.6 is 0 Å². The lowest BCUT2D eigenvalue weighted by molar-refractivity contribution is 0.415. The molecule has 0 fully saturated rings. The van der Waals surface area contributed by atoms with E-state index in [2.05, 4.69) is 117 Å². The average molecular weight is 615 g/mol. The second kappa shape index (κ2) is 13.1. The zero-order valence-electron chi connectivity index (χ0n) is 26.5. The van der Waals surface area contributed by atoms with Gasteiger partial charge in [0.1, 0.15) is 11.5 Å². The lowest BCUT2D eigenvalue weighted by Crippen LogP contribution is -2.09. The Hall–Kier alpha value is -6.14. The van der Waals surface area contributed by atoms with E-state index >= 15 is 0 Å². The molecule has 0 bridgehead atoms. The summed E-state index contributed by atoms with van der Waals surface area (Å²) in [6.45, 7) is 2.16. The van der Waals surface area contributed by atoms with Gasteiger partial charge in [-0.25, -0.2) is 0 Å². The summed E-state index contributed by atoms with van der Waals surface area (Å²) in [5, 5.41) is 0. The number of hydrogen-bond acceptors (Lipinski definition) is 5. The Balaban J connectivity index is 1.30. The maximum atomic E-state index is 5.42. The smallest absolute Gasteiger partial charge is 0.119 e. The first-order chi connectivity index (χ1) is 23.1. The molecule has 0 amide bonds. The van der Waals surface area contributed by atoms with Crippen LogP contribution in [0.2, 0.25) is 0 Å². The first-order valence-corrected chi connectivity index (χ1v) is 15.5. The molecule has 4 aromatic carbocycles. The van der Waals surface area contributed by atoms with Gasteiger partial charge in [-0.05, 0) is 133 Å². The fraction of sp³-hybridized carbons (Fsp3) is 0.0732. The Bertz CT molecular complexity index is 1980. The van der Waals surface area contributed by atoms with Gasteiger partial charge in [-0.15, -0.1) is 0 Å². The Morgan fingerprint density at radius 3 is 1.47 bits per heavy atom. The topological polar surface area (TPSA) is 52.4 Å². The van der Waals surface area contributed by atoms with Crippen molar-refractivity contribution in [3.8, 4) is 50.8 Å². The number of anilines is 3. The minimum atomic E-state index is 0.815. The Kier molecular flexibility index (Phi) is 8.22. The van der Waals surface area contributed by atoms with Crippen molar-refractivity contribution in [2.75, 3.05) is 19.1 Å². The van der Waals surface area contributed by atoms with Crippen LogP contribution in [-0.2, 0) is 0 Å². The molecule has 0 aliphatic rings. The molecule has 47 heavy (non-hydrogen) atoms. The molecule has 0 saturated heterocycles. The Labute approximate surface area is 275 Å². The van der Waals surface area contributed by atoms with Crippen LogP contribution in [0, 0.1) is 6.92 Å². The molecule has 7 rings (SSSR count). The zero-order valence-corrected chi connectivity index (χ0v) is 26.5. The lowest BCUT2D eigenvalue weighted by atomic mass is 9.99. The van der Waals surface area contributed by atoms with Crippen LogP contribution in [-0.4, -0.2) is 28.8 Å². The summed E-state index contributed by atoms with van der Waals surface area (Å²) in [5.41, 5.74) is 11.9. The highest BCUT2D eigenvalue weighted by Gasteiger charge is 2.17. The minimum absolute atomic E-state index is 0.815. The van der Waals surface area contributed by atoms with E-state index in [-0.39, 0.29) is 0 Å². The van der Waals surface area contributed by atoms with E-state index in [1.54, 1.807) is 26.6 Å². The number of hydrogen-bond donors (Lipinski definition) is 0. The number of methoxy groups -OCH3 is 2. The van der Waals surface area contributed by atoms with Crippen molar-refractivity contribution in [1.29, 1.82) is 0 Å². The fourth-order valence-electron chi connectivity index (χ4n) is 5.95. The molecule has 0 N–H and O–H groups in total. The summed E-state index contributed by atoms with van der Waals surface area (Å²) in [4.78, 5) is 11.0. The summed E-state index contributed by atoms with van der Waals surface area (Å²) in [7, 11) is 3.36. The van der Waals surface area contributed by atoms with Crippen molar-refractivity contribution in [3.63, 3.8) is 0 Å². The predicted octanol–water partition coefficient (Wildman–Crippen LogP) is 10.1. The highest BCUT2D eigenvalue weighted by molar-refractivity contribution is 5.80. The maximum Gasteiger partial charge on any atom is 0.119 e. The molecular formula is C41H34N4O2. The molecule has 0 aliphatic carbocycles. The van der Waals surface area contributed by atoms with Crippen molar-refractivity contribution in [1.82, 2.24) is 14.5 Å². The summed E-state index contributed by atoms with van der Waals surface area (Å²) in [5.74, 6) is 1.63. The third-order valence-electron chi connectivity index (χ3n) is 8.37. The van der Waals surface area contributed by atoms with Crippen molar-refractivity contribution in [2.45, 2.75) is 6.92 Å². The summed E-state index contributed by atoms with van der Waals surface area (Å²) < 4.78 is 13.1. The van der Waals surface area contributed by atoms with Gasteiger partial charge in [-0.1, -0.05) is 18.2 Å². The molecule has 6 heteroatoms. The van der Waals surface area contributed by atoms with Crippen molar-refractivity contribution in [2.24, 2.45) is 0 Å². The number of ether oxygens (including phenoxy) is 2. The molecule has 3 aromatic heterocycles. The van der Waals surface area contributed by atoms with Gasteiger partial charge in [0.15, 0.2) is 0 Å². The van der Waals surface area contributed by atoms with Crippen molar-refractivity contribution >= 4 is 17.1 Å². The number of nitrogens with zero attached hydrogens (tertiary/aromatic N) is 4. The minimum Gasteiger partial charge on any atom is -0.497 e. The van der Waals surface area contributed by atoms with Gasteiger partial charge in [0.05, 0.1) is 25.6 Å². The molecule has 0 radical (unpaired) electrons. The van der Waals surface area contributed by atoms with E-state index in [0.29, 0.717) is 0 Å². The number of pyridine rings is 2. The zero-order chi connectivity index (χ0) is 32.2. The number of aromatic nitrogens is 3. The van der Waals surface area contributed by atoms with Gasteiger partial charge in [-0.3, -0.25) is 9.97 Å². The van der Waals surface area contributed by atoms with Crippen LogP contribution in [0.15, 0.2) is 152 Å². The molecule has 0 spiro atoms. The van der Waals surface area contributed by atoms with E-state index in [9.17, 15) is 0 Å².